The molecule has 26 heavy (non-hydrogen) atoms. The largest absolute Gasteiger partial charge is 0.289 e. The highest BCUT2D eigenvalue weighted by atomic mass is 15.2. The number of rotatable bonds is 6. The van der Waals surface area contributed by atoms with Gasteiger partial charge in [-0.2, -0.15) is 0 Å². The SMILES string of the molecule is CCCCc1ccc(C2=CC3CCCC(C2)N3Cc2ccccc2)cc1. The minimum Gasteiger partial charge on any atom is -0.289 e. The lowest BCUT2D eigenvalue weighted by Gasteiger charge is -2.45. The molecule has 2 aromatic carbocycles. The third kappa shape index (κ3) is 3.94. The van der Waals surface area contributed by atoms with Crippen molar-refractivity contribution in [1.82, 2.24) is 4.90 Å². The van der Waals surface area contributed by atoms with Crippen LogP contribution < -0.4 is 0 Å². The van der Waals surface area contributed by atoms with E-state index in [0.29, 0.717) is 12.1 Å². The first-order chi connectivity index (χ1) is 12.8. The maximum absolute atomic E-state index is 2.75. The zero-order valence-electron chi connectivity index (χ0n) is 16.0. The zero-order chi connectivity index (χ0) is 17.8. The standard InChI is InChI=1S/C25H31N/c1-2-3-8-20-13-15-22(16-14-20)23-17-24-11-7-12-25(18-23)26(24)19-21-9-5-4-6-10-21/h4-6,9-10,13-17,24-25H,2-3,7-8,11-12,18-19H2,1H3. The van der Waals surface area contributed by atoms with Gasteiger partial charge in [-0.05, 0) is 54.4 Å². The number of hydrogen-bond acceptors (Lipinski definition) is 1. The van der Waals surface area contributed by atoms with Crippen LogP contribution in [0.15, 0.2) is 60.7 Å². The molecular weight excluding hydrogens is 314 g/mol. The Balaban J connectivity index is 1.51. The van der Waals surface area contributed by atoms with Crippen LogP contribution >= 0.6 is 0 Å². The molecule has 0 spiro atoms. The van der Waals surface area contributed by atoms with Crippen LogP contribution in [0.2, 0.25) is 0 Å². The van der Waals surface area contributed by atoms with Crippen molar-refractivity contribution in [2.24, 2.45) is 0 Å². The summed E-state index contributed by atoms with van der Waals surface area (Å²) in [6.45, 7) is 3.36. The molecule has 0 aliphatic carbocycles. The van der Waals surface area contributed by atoms with E-state index >= 15 is 0 Å². The highest BCUT2D eigenvalue weighted by Crippen LogP contribution is 2.38. The van der Waals surface area contributed by atoms with Crippen LogP contribution in [0.5, 0.6) is 0 Å². The molecule has 0 amide bonds. The highest BCUT2D eigenvalue weighted by molar-refractivity contribution is 5.68. The number of hydrogen-bond donors (Lipinski definition) is 0. The van der Waals surface area contributed by atoms with Crippen molar-refractivity contribution in [3.05, 3.63) is 77.4 Å². The van der Waals surface area contributed by atoms with Crippen molar-refractivity contribution in [1.29, 1.82) is 0 Å². The Morgan fingerprint density at radius 1 is 0.923 bits per heavy atom. The molecule has 2 heterocycles. The molecule has 1 nitrogen and oxygen atoms in total. The Kier molecular flexibility index (Phi) is 5.55. The van der Waals surface area contributed by atoms with Gasteiger partial charge in [0.15, 0.2) is 0 Å². The van der Waals surface area contributed by atoms with E-state index in [1.807, 2.05) is 0 Å². The number of aryl methyl sites for hydroxylation is 1. The van der Waals surface area contributed by atoms with Gasteiger partial charge in [-0.3, -0.25) is 4.90 Å². The maximum Gasteiger partial charge on any atom is 0.0290 e. The minimum atomic E-state index is 0.609. The summed E-state index contributed by atoms with van der Waals surface area (Å²) in [4.78, 5) is 2.75. The number of nitrogens with zero attached hydrogens (tertiary/aromatic N) is 1. The first kappa shape index (κ1) is 17.5. The van der Waals surface area contributed by atoms with Gasteiger partial charge in [-0.25, -0.2) is 0 Å². The monoisotopic (exact) mass is 345 g/mol. The smallest absolute Gasteiger partial charge is 0.0290 e. The molecule has 2 atom stereocenters. The van der Waals surface area contributed by atoms with Gasteiger partial charge in [0.2, 0.25) is 0 Å². The van der Waals surface area contributed by atoms with E-state index < -0.39 is 0 Å². The highest BCUT2D eigenvalue weighted by Gasteiger charge is 2.33. The normalized spacial score (nSPS) is 22.9. The van der Waals surface area contributed by atoms with Crippen LogP contribution in [-0.4, -0.2) is 17.0 Å². The molecule has 136 valence electrons. The summed E-state index contributed by atoms with van der Waals surface area (Å²) in [5.41, 5.74) is 5.95. The molecule has 0 N–H and O–H groups in total. The molecule has 1 heteroatoms. The van der Waals surface area contributed by atoms with E-state index in [1.165, 1.54) is 61.6 Å². The van der Waals surface area contributed by atoms with Gasteiger partial charge in [-0.15, -0.1) is 0 Å². The van der Waals surface area contributed by atoms with Gasteiger partial charge < -0.3 is 0 Å². The third-order valence-corrected chi connectivity index (χ3v) is 6.13. The molecule has 2 aliphatic rings. The van der Waals surface area contributed by atoms with Gasteiger partial charge in [0.1, 0.15) is 0 Å². The topological polar surface area (TPSA) is 3.24 Å². The first-order valence-electron chi connectivity index (χ1n) is 10.4. The first-order valence-corrected chi connectivity index (χ1v) is 10.4. The summed E-state index contributed by atoms with van der Waals surface area (Å²) in [7, 11) is 0. The number of unbranched alkanes of at least 4 members (excludes halogenated alkanes) is 1. The Hall–Kier alpha value is -1.86. The summed E-state index contributed by atoms with van der Waals surface area (Å²) >= 11 is 0. The molecule has 2 aliphatic heterocycles. The van der Waals surface area contributed by atoms with Crippen molar-refractivity contribution < 1.29 is 0 Å². The Morgan fingerprint density at radius 2 is 1.73 bits per heavy atom. The van der Waals surface area contributed by atoms with Crippen molar-refractivity contribution in [3.8, 4) is 0 Å². The molecule has 2 unspecified atom stereocenters. The van der Waals surface area contributed by atoms with Crippen molar-refractivity contribution in [2.45, 2.75) is 70.5 Å². The van der Waals surface area contributed by atoms with Crippen LogP contribution in [0.25, 0.3) is 5.57 Å². The summed E-state index contributed by atoms with van der Waals surface area (Å²) < 4.78 is 0. The van der Waals surface area contributed by atoms with Gasteiger partial charge in [-0.1, -0.05) is 80.4 Å². The van der Waals surface area contributed by atoms with Crippen LogP contribution in [0.4, 0.5) is 0 Å². The van der Waals surface area contributed by atoms with Gasteiger partial charge >= 0.3 is 0 Å². The molecule has 0 aromatic heterocycles. The second kappa shape index (κ2) is 8.22. The molecule has 2 bridgehead atoms. The predicted molar refractivity (Wildman–Crippen MR) is 111 cm³/mol. The van der Waals surface area contributed by atoms with Gasteiger partial charge in [0, 0.05) is 18.6 Å². The average Bonchev–Trinajstić information content (AvgIpc) is 2.67. The molecule has 0 radical (unpaired) electrons. The number of fused-ring (bicyclic) bond motifs is 2. The van der Waals surface area contributed by atoms with Gasteiger partial charge in [0.25, 0.3) is 0 Å². The zero-order valence-corrected chi connectivity index (χ0v) is 16.0. The fourth-order valence-corrected chi connectivity index (χ4v) is 4.64. The third-order valence-electron chi connectivity index (χ3n) is 6.13. The summed E-state index contributed by atoms with van der Waals surface area (Å²) in [5, 5.41) is 0. The van der Waals surface area contributed by atoms with E-state index in [0.717, 1.165) is 6.54 Å². The fourth-order valence-electron chi connectivity index (χ4n) is 4.64. The van der Waals surface area contributed by atoms with Crippen molar-refractivity contribution >= 4 is 5.57 Å². The van der Waals surface area contributed by atoms with E-state index in [-0.39, 0.29) is 0 Å². The second-order valence-electron chi connectivity index (χ2n) is 8.01. The molecule has 2 aromatic rings. The lowest BCUT2D eigenvalue weighted by atomic mass is 9.82. The summed E-state index contributed by atoms with van der Waals surface area (Å²) in [6.07, 6.45) is 11.6. The van der Waals surface area contributed by atoms with Crippen LogP contribution in [0.3, 0.4) is 0 Å². The second-order valence-corrected chi connectivity index (χ2v) is 8.01. The number of piperidine rings is 1. The maximum atomic E-state index is 2.75. The fraction of sp³-hybridized carbons (Fsp3) is 0.440. The molecule has 1 saturated heterocycles. The molecular formula is C25H31N. The van der Waals surface area contributed by atoms with Crippen LogP contribution in [0.1, 0.15) is 62.1 Å². The van der Waals surface area contributed by atoms with E-state index in [1.54, 1.807) is 5.57 Å². The quantitative estimate of drug-likeness (QED) is 0.599. The molecule has 0 saturated carbocycles. The minimum absolute atomic E-state index is 0.609. The van der Waals surface area contributed by atoms with E-state index in [2.05, 4.69) is 72.5 Å². The average molecular weight is 346 g/mol. The number of benzene rings is 2. The van der Waals surface area contributed by atoms with Crippen LogP contribution in [0, 0.1) is 0 Å². The van der Waals surface area contributed by atoms with Crippen LogP contribution in [-0.2, 0) is 13.0 Å². The lowest BCUT2D eigenvalue weighted by molar-refractivity contribution is 0.0951. The van der Waals surface area contributed by atoms with Gasteiger partial charge in [0.05, 0.1) is 0 Å². The molecule has 4 rings (SSSR count). The van der Waals surface area contributed by atoms with Crippen molar-refractivity contribution in [3.63, 3.8) is 0 Å². The molecule has 1 fully saturated rings. The Bertz CT molecular complexity index is 729. The van der Waals surface area contributed by atoms with Crippen molar-refractivity contribution in [2.75, 3.05) is 0 Å². The predicted octanol–water partition coefficient (Wildman–Crippen LogP) is 6.24. The Morgan fingerprint density at radius 3 is 2.46 bits per heavy atom. The lowest BCUT2D eigenvalue weighted by Crippen LogP contribution is -2.47. The van der Waals surface area contributed by atoms with E-state index in [4.69, 9.17) is 0 Å². The van der Waals surface area contributed by atoms with E-state index in [9.17, 15) is 0 Å². The summed E-state index contributed by atoms with van der Waals surface area (Å²) in [6, 6.07) is 21.7. The Labute approximate surface area is 158 Å². The summed E-state index contributed by atoms with van der Waals surface area (Å²) in [5.74, 6) is 0.